The van der Waals surface area contributed by atoms with E-state index in [9.17, 15) is 0 Å². The molecular weight excluding hydrogens is 176 g/mol. The molecule has 1 atom stereocenters. The van der Waals surface area contributed by atoms with E-state index in [4.69, 9.17) is 4.74 Å². The first-order valence-corrected chi connectivity index (χ1v) is 5.74. The van der Waals surface area contributed by atoms with E-state index in [2.05, 4.69) is 24.1 Å². The molecule has 84 valence electrons. The second-order valence-corrected chi connectivity index (χ2v) is 4.19. The minimum atomic E-state index is 0.501. The van der Waals surface area contributed by atoms with Crippen LogP contribution < -0.4 is 5.32 Å². The number of ether oxygens (including phenoxy) is 1. The fourth-order valence-corrected chi connectivity index (χ4v) is 2.13. The molecule has 0 aromatic heterocycles. The summed E-state index contributed by atoms with van der Waals surface area (Å²) in [4.78, 5) is 2.53. The van der Waals surface area contributed by atoms with E-state index >= 15 is 0 Å². The number of piperidine rings is 1. The highest BCUT2D eigenvalue weighted by Gasteiger charge is 2.19. The van der Waals surface area contributed by atoms with Gasteiger partial charge in [0.25, 0.3) is 0 Å². The van der Waals surface area contributed by atoms with Gasteiger partial charge in [-0.25, -0.2) is 0 Å². The topological polar surface area (TPSA) is 24.5 Å². The predicted octanol–water partition coefficient (Wildman–Crippen LogP) is 1.10. The summed E-state index contributed by atoms with van der Waals surface area (Å²) in [6.45, 7) is 9.03. The first kappa shape index (κ1) is 12.0. The highest BCUT2D eigenvalue weighted by atomic mass is 16.5. The van der Waals surface area contributed by atoms with Crippen LogP contribution in [0.3, 0.4) is 0 Å². The van der Waals surface area contributed by atoms with Crippen LogP contribution in [0.4, 0.5) is 0 Å². The van der Waals surface area contributed by atoms with E-state index in [0.29, 0.717) is 12.1 Å². The number of likely N-dealkylation sites (tertiary alicyclic amines) is 1. The van der Waals surface area contributed by atoms with Crippen molar-refractivity contribution in [3.05, 3.63) is 0 Å². The summed E-state index contributed by atoms with van der Waals surface area (Å²) in [6.07, 6.45) is 2.88. The van der Waals surface area contributed by atoms with Gasteiger partial charge in [0.05, 0.1) is 6.10 Å². The quantitative estimate of drug-likeness (QED) is 0.719. The van der Waals surface area contributed by atoms with Crippen LogP contribution in [0.5, 0.6) is 0 Å². The first-order chi connectivity index (χ1) is 6.76. The lowest BCUT2D eigenvalue weighted by atomic mass is 10.1. The highest BCUT2D eigenvalue weighted by Crippen LogP contribution is 2.12. The molecule has 14 heavy (non-hydrogen) atoms. The second-order valence-electron chi connectivity index (χ2n) is 4.19. The van der Waals surface area contributed by atoms with Gasteiger partial charge in [-0.05, 0) is 26.3 Å². The zero-order valence-electron chi connectivity index (χ0n) is 9.75. The Bertz CT molecular complexity index is 144. The van der Waals surface area contributed by atoms with Crippen LogP contribution in [0.15, 0.2) is 0 Å². The molecule has 1 fully saturated rings. The largest absolute Gasteiger partial charge is 0.381 e. The van der Waals surface area contributed by atoms with Gasteiger partial charge in [-0.3, -0.25) is 0 Å². The lowest BCUT2D eigenvalue weighted by molar-refractivity contribution is 0.0390. The van der Waals surface area contributed by atoms with Gasteiger partial charge >= 0.3 is 0 Å². The Labute approximate surface area is 87.8 Å². The number of hydrogen-bond acceptors (Lipinski definition) is 3. The van der Waals surface area contributed by atoms with Gasteiger partial charge in [-0.15, -0.1) is 0 Å². The Morgan fingerprint density at radius 1 is 1.43 bits per heavy atom. The van der Waals surface area contributed by atoms with Crippen molar-refractivity contribution < 1.29 is 4.74 Å². The minimum absolute atomic E-state index is 0.501. The van der Waals surface area contributed by atoms with Crippen molar-refractivity contribution in [2.45, 2.75) is 38.8 Å². The summed E-state index contributed by atoms with van der Waals surface area (Å²) in [7, 11) is 1.82. The van der Waals surface area contributed by atoms with E-state index in [1.54, 1.807) is 0 Å². The molecule has 0 bridgehead atoms. The standard InChI is InChI=1S/C11H24N2O/c1-4-12-10(2)9-13-7-5-11(14-3)6-8-13/h10-12H,4-9H2,1-3H3. The van der Waals surface area contributed by atoms with Gasteiger partial charge in [0.2, 0.25) is 0 Å². The predicted molar refractivity (Wildman–Crippen MR) is 59.6 cm³/mol. The number of hydrogen-bond donors (Lipinski definition) is 1. The molecule has 1 aliphatic rings. The van der Waals surface area contributed by atoms with E-state index < -0.39 is 0 Å². The molecule has 0 aromatic rings. The molecule has 0 amide bonds. The summed E-state index contributed by atoms with van der Waals surface area (Å²) in [6, 6.07) is 0.610. The Morgan fingerprint density at radius 3 is 2.57 bits per heavy atom. The van der Waals surface area contributed by atoms with E-state index in [1.807, 2.05) is 7.11 Å². The fourth-order valence-electron chi connectivity index (χ4n) is 2.13. The summed E-state index contributed by atoms with van der Waals surface area (Å²) < 4.78 is 5.35. The summed E-state index contributed by atoms with van der Waals surface area (Å²) in [5, 5.41) is 3.45. The van der Waals surface area contributed by atoms with Crippen molar-refractivity contribution in [1.82, 2.24) is 10.2 Å². The maximum absolute atomic E-state index is 5.35. The van der Waals surface area contributed by atoms with Gasteiger partial charge in [0, 0.05) is 32.8 Å². The number of likely N-dealkylation sites (N-methyl/N-ethyl adjacent to an activating group) is 1. The molecular formula is C11H24N2O. The van der Waals surface area contributed by atoms with Crippen molar-refractivity contribution in [3.8, 4) is 0 Å². The Balaban J connectivity index is 2.15. The molecule has 0 aromatic carbocycles. The zero-order valence-corrected chi connectivity index (χ0v) is 9.75. The molecule has 1 heterocycles. The average molecular weight is 200 g/mol. The minimum Gasteiger partial charge on any atom is -0.381 e. The van der Waals surface area contributed by atoms with Crippen LogP contribution in [0.1, 0.15) is 26.7 Å². The van der Waals surface area contributed by atoms with Crippen LogP contribution >= 0.6 is 0 Å². The van der Waals surface area contributed by atoms with Crippen molar-refractivity contribution in [2.24, 2.45) is 0 Å². The first-order valence-electron chi connectivity index (χ1n) is 5.74. The molecule has 0 aliphatic carbocycles. The fraction of sp³-hybridized carbons (Fsp3) is 1.00. The number of methoxy groups -OCH3 is 1. The van der Waals surface area contributed by atoms with Crippen LogP contribution in [-0.2, 0) is 4.74 Å². The Hall–Kier alpha value is -0.120. The molecule has 1 rings (SSSR count). The van der Waals surface area contributed by atoms with E-state index in [1.165, 1.54) is 32.5 Å². The number of nitrogens with zero attached hydrogens (tertiary/aromatic N) is 1. The SMILES string of the molecule is CCNC(C)CN1CCC(OC)CC1. The maximum atomic E-state index is 5.35. The summed E-state index contributed by atoms with van der Waals surface area (Å²) >= 11 is 0. The molecule has 0 saturated carbocycles. The Kier molecular flexibility index (Phi) is 5.45. The van der Waals surface area contributed by atoms with Gasteiger partial charge in [-0.1, -0.05) is 6.92 Å². The van der Waals surface area contributed by atoms with Gasteiger partial charge in [-0.2, -0.15) is 0 Å². The summed E-state index contributed by atoms with van der Waals surface area (Å²) in [5.74, 6) is 0. The van der Waals surface area contributed by atoms with Crippen LogP contribution in [0, 0.1) is 0 Å². The highest BCUT2D eigenvalue weighted by molar-refractivity contribution is 4.75. The van der Waals surface area contributed by atoms with Crippen molar-refractivity contribution >= 4 is 0 Å². The van der Waals surface area contributed by atoms with Gasteiger partial charge in [0.15, 0.2) is 0 Å². The third kappa shape index (κ3) is 3.95. The molecule has 1 unspecified atom stereocenters. The van der Waals surface area contributed by atoms with Crippen molar-refractivity contribution in [3.63, 3.8) is 0 Å². The van der Waals surface area contributed by atoms with Crippen LogP contribution in [0.2, 0.25) is 0 Å². The molecule has 1 N–H and O–H groups in total. The average Bonchev–Trinajstić information content (AvgIpc) is 2.19. The van der Waals surface area contributed by atoms with Crippen molar-refractivity contribution in [1.29, 1.82) is 0 Å². The van der Waals surface area contributed by atoms with Crippen LogP contribution in [0.25, 0.3) is 0 Å². The second kappa shape index (κ2) is 6.38. The zero-order chi connectivity index (χ0) is 10.4. The smallest absolute Gasteiger partial charge is 0.0595 e. The summed E-state index contributed by atoms with van der Waals surface area (Å²) in [5.41, 5.74) is 0. The van der Waals surface area contributed by atoms with Gasteiger partial charge in [0.1, 0.15) is 0 Å². The third-order valence-electron chi connectivity index (χ3n) is 2.95. The molecule has 3 nitrogen and oxygen atoms in total. The lowest BCUT2D eigenvalue weighted by Crippen LogP contribution is -2.44. The van der Waals surface area contributed by atoms with Crippen LogP contribution in [-0.4, -0.2) is 50.3 Å². The van der Waals surface area contributed by atoms with Gasteiger partial charge < -0.3 is 15.0 Å². The number of nitrogens with one attached hydrogen (secondary N) is 1. The normalized spacial score (nSPS) is 22.5. The Morgan fingerprint density at radius 2 is 2.07 bits per heavy atom. The van der Waals surface area contributed by atoms with E-state index in [0.717, 1.165) is 6.54 Å². The molecule has 3 heteroatoms. The monoisotopic (exact) mass is 200 g/mol. The molecule has 0 spiro atoms. The van der Waals surface area contributed by atoms with E-state index in [-0.39, 0.29) is 0 Å². The molecule has 1 saturated heterocycles. The lowest BCUT2D eigenvalue weighted by Gasteiger charge is -2.32. The molecule has 1 aliphatic heterocycles. The molecule has 0 radical (unpaired) electrons. The number of rotatable bonds is 5. The maximum Gasteiger partial charge on any atom is 0.0595 e. The van der Waals surface area contributed by atoms with Crippen molar-refractivity contribution in [2.75, 3.05) is 33.3 Å². The third-order valence-corrected chi connectivity index (χ3v) is 2.95.